The minimum absolute atomic E-state index is 0.0283. The Morgan fingerprint density at radius 3 is 2.55 bits per heavy atom. The molecule has 1 amide bonds. The van der Waals surface area contributed by atoms with Gasteiger partial charge in [0.15, 0.2) is 0 Å². The normalized spacial score (nSPS) is 11.2. The zero-order valence-electron chi connectivity index (χ0n) is 12.1. The molecule has 110 valence electrons. The van der Waals surface area contributed by atoms with E-state index < -0.39 is 4.92 Å². The molecule has 0 bridgehead atoms. The van der Waals surface area contributed by atoms with Gasteiger partial charge in [0, 0.05) is 36.7 Å². The number of hydrogen-bond acceptors (Lipinski definition) is 4. The Kier molecular flexibility index (Phi) is 5.64. The van der Waals surface area contributed by atoms with Crippen molar-refractivity contribution >= 4 is 11.6 Å². The molecule has 0 saturated heterocycles. The maximum atomic E-state index is 11.7. The van der Waals surface area contributed by atoms with Crippen molar-refractivity contribution in [2.45, 2.75) is 39.3 Å². The summed E-state index contributed by atoms with van der Waals surface area (Å²) in [6.07, 6.45) is 0.345. The molecule has 0 heterocycles. The first-order valence-corrected chi connectivity index (χ1v) is 6.53. The quantitative estimate of drug-likeness (QED) is 0.616. The first kappa shape index (κ1) is 16.1. The average Bonchev–Trinajstić information content (AvgIpc) is 2.35. The number of hydrogen-bond donors (Lipinski definition) is 2. The minimum Gasteiger partial charge on any atom is -0.352 e. The molecule has 0 saturated carbocycles. The van der Waals surface area contributed by atoms with Crippen molar-refractivity contribution in [2.75, 3.05) is 6.54 Å². The van der Waals surface area contributed by atoms with Crippen LogP contribution in [-0.4, -0.2) is 22.9 Å². The molecule has 0 aliphatic rings. The largest absolute Gasteiger partial charge is 0.352 e. The summed E-state index contributed by atoms with van der Waals surface area (Å²) in [6, 6.07) is 6.40. The maximum absolute atomic E-state index is 11.7. The average molecular weight is 279 g/mol. The van der Waals surface area contributed by atoms with E-state index in [0.29, 0.717) is 18.5 Å². The number of carbonyl (C=O) groups is 1. The molecule has 20 heavy (non-hydrogen) atoms. The van der Waals surface area contributed by atoms with Gasteiger partial charge in [0.25, 0.3) is 5.69 Å². The fourth-order valence-electron chi connectivity index (χ4n) is 1.67. The van der Waals surface area contributed by atoms with Crippen LogP contribution in [0.4, 0.5) is 5.69 Å². The highest BCUT2D eigenvalue weighted by atomic mass is 16.6. The summed E-state index contributed by atoms with van der Waals surface area (Å²) < 4.78 is 0. The molecule has 0 fully saturated rings. The Labute approximate surface area is 118 Å². The maximum Gasteiger partial charge on any atom is 0.274 e. The Morgan fingerprint density at radius 2 is 1.95 bits per heavy atom. The summed E-state index contributed by atoms with van der Waals surface area (Å²) in [7, 11) is 0. The summed E-state index contributed by atoms with van der Waals surface area (Å²) >= 11 is 0. The first-order valence-electron chi connectivity index (χ1n) is 6.53. The lowest BCUT2D eigenvalue weighted by molar-refractivity contribution is -0.385. The second-order valence-corrected chi connectivity index (χ2v) is 5.59. The lowest BCUT2D eigenvalue weighted by Gasteiger charge is -2.20. The second-order valence-electron chi connectivity index (χ2n) is 5.59. The van der Waals surface area contributed by atoms with Crippen molar-refractivity contribution in [1.82, 2.24) is 10.6 Å². The number of carbonyl (C=O) groups excluding carboxylic acids is 1. The molecule has 6 nitrogen and oxygen atoms in total. The number of para-hydroxylation sites is 1. The van der Waals surface area contributed by atoms with Crippen molar-refractivity contribution < 1.29 is 9.72 Å². The smallest absolute Gasteiger partial charge is 0.274 e. The zero-order valence-corrected chi connectivity index (χ0v) is 12.1. The van der Waals surface area contributed by atoms with Crippen molar-refractivity contribution in [2.24, 2.45) is 0 Å². The third-order valence-electron chi connectivity index (χ3n) is 2.67. The lowest BCUT2D eigenvalue weighted by atomic mass is 10.1. The van der Waals surface area contributed by atoms with Crippen LogP contribution in [0.25, 0.3) is 0 Å². The van der Waals surface area contributed by atoms with Gasteiger partial charge in [-0.15, -0.1) is 0 Å². The van der Waals surface area contributed by atoms with Gasteiger partial charge in [0.1, 0.15) is 0 Å². The van der Waals surface area contributed by atoms with Gasteiger partial charge in [-0.2, -0.15) is 0 Å². The van der Waals surface area contributed by atoms with Gasteiger partial charge in [-0.05, 0) is 20.8 Å². The summed E-state index contributed by atoms with van der Waals surface area (Å²) in [5.74, 6) is -0.125. The van der Waals surface area contributed by atoms with Crippen LogP contribution in [-0.2, 0) is 11.3 Å². The first-order chi connectivity index (χ1) is 9.29. The third kappa shape index (κ3) is 5.79. The number of nitro benzene ring substituents is 1. The molecule has 0 unspecified atom stereocenters. The standard InChI is InChI=1S/C14H21N3O3/c1-14(2,3)16-9-8-13(18)15-10-11-6-4-5-7-12(11)17(19)20/h4-7,16H,8-10H2,1-3H3,(H,15,18). The second kappa shape index (κ2) is 7.00. The highest BCUT2D eigenvalue weighted by Gasteiger charge is 2.13. The Morgan fingerprint density at radius 1 is 1.30 bits per heavy atom. The molecule has 0 atom stereocenters. The number of rotatable bonds is 6. The highest BCUT2D eigenvalue weighted by molar-refractivity contribution is 5.76. The van der Waals surface area contributed by atoms with E-state index in [0.717, 1.165) is 0 Å². The summed E-state index contributed by atoms with van der Waals surface area (Å²) in [6.45, 7) is 6.83. The predicted octanol–water partition coefficient (Wildman–Crippen LogP) is 1.99. The van der Waals surface area contributed by atoms with E-state index >= 15 is 0 Å². The minimum atomic E-state index is -0.442. The van der Waals surface area contributed by atoms with Crippen LogP contribution in [0.3, 0.4) is 0 Å². The predicted molar refractivity (Wildman–Crippen MR) is 77.3 cm³/mol. The third-order valence-corrected chi connectivity index (χ3v) is 2.67. The molecular weight excluding hydrogens is 258 g/mol. The fourth-order valence-corrected chi connectivity index (χ4v) is 1.67. The van der Waals surface area contributed by atoms with E-state index in [1.807, 2.05) is 20.8 Å². The Hall–Kier alpha value is -1.95. The molecule has 0 aliphatic carbocycles. The SMILES string of the molecule is CC(C)(C)NCCC(=O)NCc1ccccc1[N+](=O)[O-]. The number of nitro groups is 1. The van der Waals surface area contributed by atoms with Crippen LogP contribution in [0, 0.1) is 10.1 Å². The molecule has 1 aromatic rings. The van der Waals surface area contributed by atoms with E-state index in [-0.39, 0.29) is 23.7 Å². The topological polar surface area (TPSA) is 84.3 Å². The molecule has 0 spiro atoms. The van der Waals surface area contributed by atoms with E-state index in [1.54, 1.807) is 18.2 Å². The van der Waals surface area contributed by atoms with Crippen LogP contribution >= 0.6 is 0 Å². The van der Waals surface area contributed by atoms with Crippen molar-refractivity contribution in [3.05, 3.63) is 39.9 Å². The van der Waals surface area contributed by atoms with E-state index in [1.165, 1.54) is 6.07 Å². The van der Waals surface area contributed by atoms with Gasteiger partial charge < -0.3 is 10.6 Å². The lowest BCUT2D eigenvalue weighted by Crippen LogP contribution is -2.38. The van der Waals surface area contributed by atoms with Crippen LogP contribution in [0.2, 0.25) is 0 Å². The van der Waals surface area contributed by atoms with Crippen molar-refractivity contribution in [3.63, 3.8) is 0 Å². The monoisotopic (exact) mass is 279 g/mol. The highest BCUT2D eigenvalue weighted by Crippen LogP contribution is 2.16. The number of amides is 1. The number of benzene rings is 1. The number of nitrogens with zero attached hydrogens (tertiary/aromatic N) is 1. The zero-order chi connectivity index (χ0) is 15.2. The molecule has 6 heteroatoms. The molecule has 0 aliphatic heterocycles. The molecule has 1 rings (SSSR count). The van der Waals surface area contributed by atoms with Crippen molar-refractivity contribution in [3.8, 4) is 0 Å². The fraction of sp³-hybridized carbons (Fsp3) is 0.500. The van der Waals surface area contributed by atoms with Crippen LogP contribution in [0.5, 0.6) is 0 Å². The van der Waals surface area contributed by atoms with E-state index in [9.17, 15) is 14.9 Å². The molecule has 0 aromatic heterocycles. The van der Waals surface area contributed by atoms with Gasteiger partial charge in [0.05, 0.1) is 4.92 Å². The summed E-state index contributed by atoms with van der Waals surface area (Å²) in [5.41, 5.74) is 0.508. The van der Waals surface area contributed by atoms with Crippen LogP contribution < -0.4 is 10.6 Å². The van der Waals surface area contributed by atoms with Gasteiger partial charge in [-0.25, -0.2) is 0 Å². The number of nitrogens with one attached hydrogen (secondary N) is 2. The van der Waals surface area contributed by atoms with Gasteiger partial charge in [-0.1, -0.05) is 18.2 Å². The van der Waals surface area contributed by atoms with Crippen LogP contribution in [0.1, 0.15) is 32.8 Å². The molecule has 2 N–H and O–H groups in total. The molecule has 0 radical (unpaired) electrons. The van der Waals surface area contributed by atoms with E-state index in [2.05, 4.69) is 10.6 Å². The summed E-state index contributed by atoms with van der Waals surface area (Å²) in [5, 5.41) is 16.7. The van der Waals surface area contributed by atoms with Crippen LogP contribution in [0.15, 0.2) is 24.3 Å². The molecular formula is C14H21N3O3. The summed E-state index contributed by atoms with van der Waals surface area (Å²) in [4.78, 5) is 22.1. The Balaban J connectivity index is 2.44. The van der Waals surface area contributed by atoms with Gasteiger partial charge >= 0.3 is 0 Å². The van der Waals surface area contributed by atoms with E-state index in [4.69, 9.17) is 0 Å². The molecule has 1 aromatic carbocycles. The van der Waals surface area contributed by atoms with Crippen molar-refractivity contribution in [1.29, 1.82) is 0 Å². The van der Waals surface area contributed by atoms with Gasteiger partial charge in [-0.3, -0.25) is 14.9 Å². The Bertz CT molecular complexity index is 481. The van der Waals surface area contributed by atoms with Gasteiger partial charge in [0.2, 0.25) is 5.91 Å².